The summed E-state index contributed by atoms with van der Waals surface area (Å²) in [5.41, 5.74) is 13.7. The largest absolute Gasteiger partial charge is 0.311 e. The minimum atomic E-state index is 0.125. The van der Waals surface area contributed by atoms with E-state index in [1.807, 2.05) is 22.7 Å². The Balaban J connectivity index is 1.03. The van der Waals surface area contributed by atoms with Crippen LogP contribution in [-0.2, 0) is 10.8 Å². The van der Waals surface area contributed by atoms with Crippen LogP contribution in [0.25, 0.3) is 73.7 Å². The van der Waals surface area contributed by atoms with Gasteiger partial charge in [0.1, 0.15) is 0 Å². The SMILES string of the molecule is CC(C)(C)c1ccc(-c2ccc(N(c3ccc(-c4ccc(C(C)(C)C)cc4)cc3)c3ccc(-c4cccc5c4sc4c5ccc5sc6ccccc6c54)cc3)cc2)cc1. The van der Waals surface area contributed by atoms with Crippen LogP contribution in [0.15, 0.2) is 176 Å². The van der Waals surface area contributed by atoms with Crippen LogP contribution in [0.1, 0.15) is 52.7 Å². The molecule has 10 rings (SSSR count). The number of nitrogens with zero attached hydrogens (tertiary/aromatic N) is 1. The predicted octanol–water partition coefficient (Wildman–Crippen LogP) is 17.5. The van der Waals surface area contributed by atoms with E-state index < -0.39 is 0 Å². The average Bonchev–Trinajstić information content (AvgIpc) is 3.83. The summed E-state index contributed by atoms with van der Waals surface area (Å²) in [5.74, 6) is 0. The number of thiophene rings is 2. The predicted molar refractivity (Wildman–Crippen MR) is 261 cm³/mol. The topological polar surface area (TPSA) is 3.24 Å². The smallest absolute Gasteiger partial charge is 0.0462 e. The molecule has 0 saturated heterocycles. The molecule has 8 aromatic carbocycles. The molecule has 0 saturated carbocycles. The molecule has 0 atom stereocenters. The van der Waals surface area contributed by atoms with E-state index in [1.54, 1.807) is 0 Å². The summed E-state index contributed by atoms with van der Waals surface area (Å²) in [6.45, 7) is 13.6. The molecule has 2 aromatic heterocycles. The first kappa shape index (κ1) is 37.3. The summed E-state index contributed by atoms with van der Waals surface area (Å²) < 4.78 is 5.43. The lowest BCUT2D eigenvalue weighted by atomic mass is 9.86. The molecule has 0 radical (unpaired) electrons. The Bertz CT molecular complexity index is 3010. The maximum absolute atomic E-state index is 2.38. The fourth-order valence-corrected chi connectivity index (χ4v) is 11.0. The van der Waals surface area contributed by atoms with Crippen molar-refractivity contribution in [1.82, 2.24) is 0 Å². The maximum atomic E-state index is 2.38. The zero-order chi connectivity index (χ0) is 40.5. The molecule has 0 aliphatic heterocycles. The molecular formula is C56H47NS2. The lowest BCUT2D eigenvalue weighted by Crippen LogP contribution is -2.10. The van der Waals surface area contributed by atoms with Gasteiger partial charge in [0.15, 0.2) is 0 Å². The van der Waals surface area contributed by atoms with Crippen LogP contribution < -0.4 is 4.90 Å². The van der Waals surface area contributed by atoms with Gasteiger partial charge in [-0.2, -0.15) is 0 Å². The Morgan fingerprint density at radius 3 is 1.29 bits per heavy atom. The zero-order valence-corrected chi connectivity index (χ0v) is 36.1. The summed E-state index contributed by atoms with van der Waals surface area (Å²) in [6.07, 6.45) is 0. The highest BCUT2D eigenvalue weighted by molar-refractivity contribution is 7.30. The van der Waals surface area contributed by atoms with E-state index in [9.17, 15) is 0 Å². The third-order valence-electron chi connectivity index (χ3n) is 11.9. The van der Waals surface area contributed by atoms with Gasteiger partial charge in [0.05, 0.1) is 0 Å². The van der Waals surface area contributed by atoms with E-state index in [2.05, 4.69) is 222 Å². The highest BCUT2D eigenvalue weighted by Gasteiger charge is 2.19. The summed E-state index contributed by atoms with van der Waals surface area (Å²) in [6, 6.07) is 65.5. The minimum Gasteiger partial charge on any atom is -0.311 e. The number of hydrogen-bond acceptors (Lipinski definition) is 3. The summed E-state index contributed by atoms with van der Waals surface area (Å²) in [7, 11) is 0. The number of rotatable bonds is 6. The molecule has 0 aliphatic rings. The first-order valence-electron chi connectivity index (χ1n) is 20.6. The van der Waals surface area contributed by atoms with Gasteiger partial charge in [0.2, 0.25) is 0 Å². The first-order valence-corrected chi connectivity index (χ1v) is 22.2. The highest BCUT2D eigenvalue weighted by Crippen LogP contribution is 2.47. The van der Waals surface area contributed by atoms with Crippen molar-refractivity contribution in [1.29, 1.82) is 0 Å². The van der Waals surface area contributed by atoms with Crippen LogP contribution in [0.3, 0.4) is 0 Å². The standard InChI is InChI=1S/C56H47NS2/c1-55(2,3)41-24-14-36(15-25-41)38-18-28-43(29-19-38)57(44-30-20-39(21-31-44)37-16-26-42(27-17-37)56(4,5)6)45-32-22-40(23-33-45)46-11-9-12-47-48-34-35-51-52(54(48)59-53(46)47)49-10-7-8-13-50(49)58-51/h7-35H,1-6H3. The van der Waals surface area contributed by atoms with Crippen LogP contribution >= 0.6 is 22.7 Å². The van der Waals surface area contributed by atoms with Crippen LogP contribution in [0.4, 0.5) is 17.1 Å². The van der Waals surface area contributed by atoms with Gasteiger partial charge in [0, 0.05) is 57.4 Å². The molecule has 0 bridgehead atoms. The number of anilines is 3. The maximum Gasteiger partial charge on any atom is 0.0462 e. The Hall–Kier alpha value is -6.00. The molecule has 0 aliphatic carbocycles. The van der Waals surface area contributed by atoms with E-state index in [1.165, 1.54) is 84.9 Å². The van der Waals surface area contributed by atoms with Gasteiger partial charge >= 0.3 is 0 Å². The molecule has 0 spiro atoms. The number of benzene rings is 8. The van der Waals surface area contributed by atoms with Gasteiger partial charge in [0.25, 0.3) is 0 Å². The highest BCUT2D eigenvalue weighted by atomic mass is 32.1. The quantitative estimate of drug-likeness (QED) is 0.162. The van der Waals surface area contributed by atoms with Gasteiger partial charge in [-0.05, 0) is 104 Å². The van der Waals surface area contributed by atoms with E-state index in [4.69, 9.17) is 0 Å². The minimum absolute atomic E-state index is 0.125. The third kappa shape index (κ3) is 6.83. The zero-order valence-electron chi connectivity index (χ0n) is 34.5. The van der Waals surface area contributed by atoms with Crippen LogP contribution in [0.2, 0.25) is 0 Å². The van der Waals surface area contributed by atoms with Crippen molar-refractivity contribution in [3.8, 4) is 33.4 Å². The molecule has 59 heavy (non-hydrogen) atoms. The molecule has 2 heterocycles. The van der Waals surface area contributed by atoms with Gasteiger partial charge in [-0.15, -0.1) is 22.7 Å². The van der Waals surface area contributed by atoms with Crippen molar-refractivity contribution in [2.45, 2.75) is 52.4 Å². The first-order chi connectivity index (χ1) is 28.5. The molecule has 0 amide bonds. The van der Waals surface area contributed by atoms with Gasteiger partial charge in [-0.3, -0.25) is 0 Å². The lowest BCUT2D eigenvalue weighted by Gasteiger charge is -2.26. The molecular weight excluding hydrogens is 751 g/mol. The average molecular weight is 798 g/mol. The fraction of sp³-hybridized carbons (Fsp3) is 0.143. The molecule has 0 fully saturated rings. The van der Waals surface area contributed by atoms with Crippen LogP contribution in [-0.4, -0.2) is 0 Å². The molecule has 0 N–H and O–H groups in total. The van der Waals surface area contributed by atoms with Crippen molar-refractivity contribution in [3.63, 3.8) is 0 Å². The van der Waals surface area contributed by atoms with E-state index in [-0.39, 0.29) is 10.8 Å². The van der Waals surface area contributed by atoms with E-state index in [0.717, 1.165) is 17.1 Å². The fourth-order valence-electron chi connectivity index (χ4n) is 8.46. The molecule has 3 heteroatoms. The van der Waals surface area contributed by atoms with Crippen molar-refractivity contribution < 1.29 is 0 Å². The summed E-state index contributed by atoms with van der Waals surface area (Å²) in [4.78, 5) is 2.38. The normalized spacial score (nSPS) is 12.2. The second kappa shape index (κ2) is 14.4. The monoisotopic (exact) mass is 797 g/mol. The Morgan fingerprint density at radius 2 is 0.780 bits per heavy atom. The third-order valence-corrected chi connectivity index (χ3v) is 14.3. The van der Waals surface area contributed by atoms with Crippen LogP contribution in [0, 0.1) is 0 Å². The van der Waals surface area contributed by atoms with Crippen molar-refractivity contribution in [3.05, 3.63) is 187 Å². The lowest BCUT2D eigenvalue weighted by molar-refractivity contribution is 0.590. The van der Waals surface area contributed by atoms with Crippen molar-refractivity contribution >= 4 is 80.1 Å². The van der Waals surface area contributed by atoms with E-state index >= 15 is 0 Å². The van der Waals surface area contributed by atoms with Gasteiger partial charge in [-0.25, -0.2) is 0 Å². The molecule has 1 nitrogen and oxygen atoms in total. The Labute approximate surface area is 355 Å². The van der Waals surface area contributed by atoms with Gasteiger partial charge in [-0.1, -0.05) is 169 Å². The molecule has 10 aromatic rings. The van der Waals surface area contributed by atoms with Gasteiger partial charge < -0.3 is 4.90 Å². The Kier molecular flexibility index (Phi) is 9.08. The second-order valence-corrected chi connectivity index (χ2v) is 19.9. The molecule has 288 valence electrons. The number of fused-ring (bicyclic) bond motifs is 7. The second-order valence-electron chi connectivity index (χ2n) is 17.8. The summed E-state index contributed by atoms with van der Waals surface area (Å²) >= 11 is 3.83. The Morgan fingerprint density at radius 1 is 0.339 bits per heavy atom. The van der Waals surface area contributed by atoms with Crippen LogP contribution in [0.5, 0.6) is 0 Å². The van der Waals surface area contributed by atoms with E-state index in [0.29, 0.717) is 0 Å². The summed E-state index contributed by atoms with van der Waals surface area (Å²) in [5, 5.41) is 5.41. The van der Waals surface area contributed by atoms with Crippen molar-refractivity contribution in [2.75, 3.05) is 4.90 Å². The van der Waals surface area contributed by atoms with Crippen molar-refractivity contribution in [2.24, 2.45) is 0 Å². The number of hydrogen-bond donors (Lipinski definition) is 0. The molecule has 0 unspecified atom stereocenters.